The maximum atomic E-state index is 13.2. The van der Waals surface area contributed by atoms with Gasteiger partial charge in [-0.25, -0.2) is 0 Å². The number of benzene rings is 2. The van der Waals surface area contributed by atoms with Gasteiger partial charge >= 0.3 is 0 Å². The third kappa shape index (κ3) is 4.80. The normalized spacial score (nSPS) is 17.5. The lowest BCUT2D eigenvalue weighted by molar-refractivity contribution is -0.140. The minimum Gasteiger partial charge on any atom is -0.507 e. The van der Waals surface area contributed by atoms with E-state index in [9.17, 15) is 14.7 Å². The second-order valence-electron chi connectivity index (χ2n) is 7.96. The first-order valence-electron chi connectivity index (χ1n) is 10.6. The summed E-state index contributed by atoms with van der Waals surface area (Å²) in [6.07, 6.45) is 0.669. The fraction of sp³-hybridized carbons (Fsp3) is 0.360. The summed E-state index contributed by atoms with van der Waals surface area (Å²) >= 11 is 0. The summed E-state index contributed by atoms with van der Waals surface area (Å²) in [6.45, 7) is 1.10. The predicted octanol–water partition coefficient (Wildman–Crippen LogP) is 3.09. The van der Waals surface area contributed by atoms with Crippen LogP contribution < -0.4 is 14.2 Å². The van der Waals surface area contributed by atoms with E-state index in [0.29, 0.717) is 41.3 Å². The van der Waals surface area contributed by atoms with E-state index in [1.807, 2.05) is 31.1 Å². The molecular formula is C25H30N2O6. The summed E-state index contributed by atoms with van der Waals surface area (Å²) in [7, 11) is 8.43. The molecule has 8 nitrogen and oxygen atoms in total. The molecule has 1 amide bonds. The average molecular weight is 455 g/mol. The molecule has 176 valence electrons. The molecule has 1 fully saturated rings. The first-order chi connectivity index (χ1) is 15.8. The van der Waals surface area contributed by atoms with Crippen LogP contribution in [0.25, 0.3) is 5.76 Å². The van der Waals surface area contributed by atoms with Crippen LogP contribution in [0.3, 0.4) is 0 Å². The van der Waals surface area contributed by atoms with E-state index in [0.717, 1.165) is 6.54 Å². The van der Waals surface area contributed by atoms with Crippen molar-refractivity contribution in [2.24, 2.45) is 0 Å². The zero-order chi connectivity index (χ0) is 24.1. The lowest BCUT2D eigenvalue weighted by Crippen LogP contribution is -2.32. The number of Topliss-reactive ketones (excluding diaryl/α,β-unsaturated/α-hetero) is 1. The Kier molecular flexibility index (Phi) is 7.60. The Balaban J connectivity index is 2.16. The molecule has 0 aromatic heterocycles. The fourth-order valence-corrected chi connectivity index (χ4v) is 4.02. The van der Waals surface area contributed by atoms with Crippen molar-refractivity contribution in [3.8, 4) is 17.2 Å². The largest absolute Gasteiger partial charge is 0.507 e. The summed E-state index contributed by atoms with van der Waals surface area (Å²) in [6, 6.07) is 11.3. The Morgan fingerprint density at radius 1 is 0.970 bits per heavy atom. The quantitative estimate of drug-likeness (QED) is 0.354. The molecule has 0 spiro atoms. The molecule has 1 aliphatic heterocycles. The molecule has 0 saturated carbocycles. The minimum atomic E-state index is -0.781. The number of carbonyl (C=O) groups is 2. The van der Waals surface area contributed by atoms with Gasteiger partial charge in [-0.2, -0.15) is 0 Å². The first kappa shape index (κ1) is 24.1. The van der Waals surface area contributed by atoms with Crippen LogP contribution in [0.2, 0.25) is 0 Å². The summed E-state index contributed by atoms with van der Waals surface area (Å²) in [5, 5.41) is 11.3. The number of amides is 1. The van der Waals surface area contributed by atoms with Crippen molar-refractivity contribution >= 4 is 17.4 Å². The minimum absolute atomic E-state index is 0.0153. The van der Waals surface area contributed by atoms with Crippen molar-refractivity contribution in [3.63, 3.8) is 0 Å². The number of ether oxygens (including phenoxy) is 3. The lowest BCUT2D eigenvalue weighted by Gasteiger charge is -2.27. The Morgan fingerprint density at radius 3 is 2.27 bits per heavy atom. The maximum absolute atomic E-state index is 13.2. The van der Waals surface area contributed by atoms with E-state index in [1.165, 1.54) is 26.2 Å². The van der Waals surface area contributed by atoms with Crippen LogP contribution in [0.4, 0.5) is 0 Å². The molecule has 1 heterocycles. The first-order valence-corrected chi connectivity index (χ1v) is 10.6. The van der Waals surface area contributed by atoms with E-state index in [1.54, 1.807) is 30.3 Å². The van der Waals surface area contributed by atoms with Gasteiger partial charge in [0.2, 0.25) is 0 Å². The molecule has 0 bridgehead atoms. The Hall–Kier alpha value is -3.52. The van der Waals surface area contributed by atoms with Gasteiger partial charge < -0.3 is 29.1 Å². The van der Waals surface area contributed by atoms with Gasteiger partial charge in [0.15, 0.2) is 11.5 Å². The van der Waals surface area contributed by atoms with E-state index < -0.39 is 17.7 Å². The highest BCUT2D eigenvalue weighted by molar-refractivity contribution is 6.46. The van der Waals surface area contributed by atoms with Crippen molar-refractivity contribution in [1.82, 2.24) is 9.80 Å². The lowest BCUT2D eigenvalue weighted by atomic mass is 9.94. The van der Waals surface area contributed by atoms with Crippen molar-refractivity contribution in [2.75, 3.05) is 48.5 Å². The number of carbonyl (C=O) groups excluding carboxylic acids is 2. The van der Waals surface area contributed by atoms with E-state index >= 15 is 0 Å². The number of hydrogen-bond acceptors (Lipinski definition) is 7. The standard InChI is InChI=1S/C25H30N2O6/c1-26(2)13-8-14-27-22(17-9-6-7-10-18(17)31-3)21(24(29)25(27)30)23(28)16-11-12-19(32-4)20(15-16)33-5/h6-7,9-12,15,22,28H,8,13-14H2,1-5H3/b23-21+/t22-/m0/s1. The molecule has 8 heteroatoms. The zero-order valence-electron chi connectivity index (χ0n) is 19.6. The fourth-order valence-electron chi connectivity index (χ4n) is 4.02. The van der Waals surface area contributed by atoms with Crippen molar-refractivity contribution in [3.05, 3.63) is 59.2 Å². The monoisotopic (exact) mass is 454 g/mol. The van der Waals surface area contributed by atoms with E-state index in [4.69, 9.17) is 14.2 Å². The van der Waals surface area contributed by atoms with Gasteiger partial charge in [-0.1, -0.05) is 18.2 Å². The second-order valence-corrected chi connectivity index (χ2v) is 7.96. The van der Waals surface area contributed by atoms with Crippen molar-refractivity contribution in [1.29, 1.82) is 0 Å². The predicted molar refractivity (Wildman–Crippen MR) is 125 cm³/mol. The van der Waals surface area contributed by atoms with Gasteiger partial charge in [-0.3, -0.25) is 9.59 Å². The molecule has 33 heavy (non-hydrogen) atoms. The van der Waals surface area contributed by atoms with Crippen LogP contribution >= 0.6 is 0 Å². The molecule has 3 rings (SSSR count). The van der Waals surface area contributed by atoms with Gasteiger partial charge in [-0.05, 0) is 51.3 Å². The van der Waals surface area contributed by atoms with Crippen LogP contribution in [0.5, 0.6) is 17.2 Å². The molecule has 1 saturated heterocycles. The number of aliphatic hydroxyl groups is 1. The van der Waals surface area contributed by atoms with Crippen molar-refractivity contribution in [2.45, 2.75) is 12.5 Å². The number of nitrogens with zero attached hydrogens (tertiary/aromatic N) is 2. The second kappa shape index (κ2) is 10.4. The maximum Gasteiger partial charge on any atom is 0.295 e. The molecular weight excluding hydrogens is 424 g/mol. The van der Waals surface area contributed by atoms with E-state index in [2.05, 4.69) is 0 Å². The molecule has 0 radical (unpaired) electrons. The molecule has 0 unspecified atom stereocenters. The summed E-state index contributed by atoms with van der Waals surface area (Å²) < 4.78 is 16.1. The summed E-state index contributed by atoms with van der Waals surface area (Å²) in [5.74, 6) is -0.245. The smallest absolute Gasteiger partial charge is 0.295 e. The number of ketones is 1. The van der Waals surface area contributed by atoms with Gasteiger partial charge in [-0.15, -0.1) is 0 Å². The highest BCUT2D eigenvalue weighted by atomic mass is 16.5. The number of para-hydroxylation sites is 1. The molecule has 1 aliphatic rings. The van der Waals surface area contributed by atoms with Crippen LogP contribution in [-0.4, -0.2) is 75.1 Å². The molecule has 1 N–H and O–H groups in total. The number of hydrogen-bond donors (Lipinski definition) is 1. The Morgan fingerprint density at radius 2 is 1.64 bits per heavy atom. The topological polar surface area (TPSA) is 88.5 Å². The highest BCUT2D eigenvalue weighted by Gasteiger charge is 2.46. The Labute approximate surface area is 194 Å². The summed E-state index contributed by atoms with van der Waals surface area (Å²) in [4.78, 5) is 29.8. The van der Waals surface area contributed by atoms with Crippen molar-refractivity contribution < 1.29 is 28.9 Å². The average Bonchev–Trinajstić information content (AvgIpc) is 3.07. The summed E-state index contributed by atoms with van der Waals surface area (Å²) in [5.41, 5.74) is 0.992. The Bertz CT molecular complexity index is 1060. The molecule has 0 aliphatic carbocycles. The third-order valence-corrected chi connectivity index (χ3v) is 5.63. The number of rotatable bonds is 9. The van der Waals surface area contributed by atoms with Crippen LogP contribution in [-0.2, 0) is 9.59 Å². The van der Waals surface area contributed by atoms with Gasteiger partial charge in [0.05, 0.1) is 32.9 Å². The number of aliphatic hydroxyl groups excluding tert-OH is 1. The SMILES string of the molecule is COc1ccc(/C(O)=C2\C(=O)C(=O)N(CCCN(C)C)[C@H]2c2ccccc2OC)cc1OC. The molecule has 1 atom stereocenters. The van der Waals surface area contributed by atoms with Gasteiger partial charge in [0, 0.05) is 17.7 Å². The van der Waals surface area contributed by atoms with Crippen LogP contribution in [0.1, 0.15) is 23.6 Å². The zero-order valence-corrected chi connectivity index (χ0v) is 19.6. The van der Waals surface area contributed by atoms with Crippen LogP contribution in [0, 0.1) is 0 Å². The number of likely N-dealkylation sites (tertiary alicyclic amines) is 1. The number of methoxy groups -OCH3 is 3. The molecule has 2 aromatic carbocycles. The third-order valence-electron chi connectivity index (χ3n) is 5.63. The van der Waals surface area contributed by atoms with Gasteiger partial charge in [0.1, 0.15) is 11.5 Å². The van der Waals surface area contributed by atoms with E-state index in [-0.39, 0.29) is 11.3 Å². The molecule has 2 aromatic rings. The van der Waals surface area contributed by atoms with Gasteiger partial charge in [0.25, 0.3) is 11.7 Å². The highest BCUT2D eigenvalue weighted by Crippen LogP contribution is 2.43. The van der Waals surface area contributed by atoms with Crippen LogP contribution in [0.15, 0.2) is 48.0 Å².